The van der Waals surface area contributed by atoms with Crippen LogP contribution in [-0.2, 0) is 26.7 Å². The van der Waals surface area contributed by atoms with Crippen molar-refractivity contribution in [1.82, 2.24) is 19.7 Å². The molecule has 0 aliphatic carbocycles. The van der Waals surface area contributed by atoms with Crippen LogP contribution in [0.5, 0.6) is 0 Å². The Balaban J connectivity index is 0.00000338. The molecule has 2 rings (SSSR count). The molecular weight excluding hydrogens is 505 g/mol. The van der Waals surface area contributed by atoms with Gasteiger partial charge in [-0.3, -0.25) is 4.99 Å². The third-order valence-electron chi connectivity index (χ3n) is 4.09. The van der Waals surface area contributed by atoms with Crippen LogP contribution in [0.15, 0.2) is 46.0 Å². The van der Waals surface area contributed by atoms with E-state index in [9.17, 15) is 0 Å². The fraction of sp³-hybridized carbons (Fsp3) is 0.421. The van der Waals surface area contributed by atoms with Crippen molar-refractivity contribution < 1.29 is 0 Å². The molecule has 0 saturated carbocycles. The fourth-order valence-electron chi connectivity index (χ4n) is 2.83. The SMILES string of the molecule is CN=C(NCc1ccccc1CN(C)C)N(C)Cc1cc(Br)cn1C.I. The lowest BCUT2D eigenvalue weighted by molar-refractivity contribution is 0.400. The monoisotopic (exact) mass is 533 g/mol. The number of rotatable bonds is 6. The van der Waals surface area contributed by atoms with Crippen LogP contribution in [0, 0.1) is 0 Å². The van der Waals surface area contributed by atoms with Crippen LogP contribution >= 0.6 is 39.9 Å². The van der Waals surface area contributed by atoms with Gasteiger partial charge >= 0.3 is 0 Å². The minimum Gasteiger partial charge on any atom is -0.352 e. The third-order valence-corrected chi connectivity index (χ3v) is 4.52. The molecule has 0 aliphatic heterocycles. The third kappa shape index (κ3) is 6.59. The molecule has 1 N–H and O–H groups in total. The Morgan fingerprint density at radius 3 is 2.35 bits per heavy atom. The summed E-state index contributed by atoms with van der Waals surface area (Å²) in [6.45, 7) is 2.49. The van der Waals surface area contributed by atoms with Gasteiger partial charge in [-0.1, -0.05) is 24.3 Å². The molecule has 7 heteroatoms. The highest BCUT2D eigenvalue weighted by atomic mass is 127. The maximum Gasteiger partial charge on any atom is 0.194 e. The van der Waals surface area contributed by atoms with Gasteiger partial charge in [0.15, 0.2) is 5.96 Å². The van der Waals surface area contributed by atoms with Crippen molar-refractivity contribution in [2.75, 3.05) is 28.2 Å². The zero-order valence-corrected chi connectivity index (χ0v) is 20.1. The Hall–Kier alpha value is -1.06. The molecular formula is C19H29BrIN5. The van der Waals surface area contributed by atoms with Crippen molar-refractivity contribution in [3.05, 3.63) is 57.8 Å². The molecule has 1 heterocycles. The summed E-state index contributed by atoms with van der Waals surface area (Å²) in [5.41, 5.74) is 3.86. The highest BCUT2D eigenvalue weighted by Crippen LogP contribution is 2.15. The first kappa shape index (κ1) is 23.0. The van der Waals surface area contributed by atoms with Gasteiger partial charge < -0.3 is 19.7 Å². The number of aliphatic imine (C=N–C) groups is 1. The number of nitrogens with one attached hydrogen (secondary N) is 1. The van der Waals surface area contributed by atoms with E-state index in [-0.39, 0.29) is 24.0 Å². The Kier molecular flexibility index (Phi) is 9.67. The van der Waals surface area contributed by atoms with E-state index in [1.54, 1.807) is 0 Å². The van der Waals surface area contributed by atoms with Crippen LogP contribution < -0.4 is 5.32 Å². The summed E-state index contributed by atoms with van der Waals surface area (Å²) in [5.74, 6) is 0.886. The topological polar surface area (TPSA) is 35.8 Å². The summed E-state index contributed by atoms with van der Waals surface area (Å²) in [4.78, 5) is 8.75. The lowest BCUT2D eigenvalue weighted by Gasteiger charge is -2.23. The lowest BCUT2D eigenvalue weighted by atomic mass is 10.1. The number of halogens is 2. The highest BCUT2D eigenvalue weighted by molar-refractivity contribution is 14.0. The van der Waals surface area contributed by atoms with Crippen molar-refractivity contribution in [2.45, 2.75) is 19.6 Å². The Morgan fingerprint density at radius 2 is 1.81 bits per heavy atom. The van der Waals surface area contributed by atoms with E-state index in [1.165, 1.54) is 16.8 Å². The van der Waals surface area contributed by atoms with Crippen molar-refractivity contribution in [3.8, 4) is 0 Å². The quantitative estimate of drug-likeness (QED) is 0.349. The number of aromatic nitrogens is 1. The van der Waals surface area contributed by atoms with Gasteiger partial charge in [0.25, 0.3) is 0 Å². The molecule has 0 spiro atoms. The number of guanidine groups is 1. The van der Waals surface area contributed by atoms with Gasteiger partial charge in [0.05, 0.1) is 6.54 Å². The van der Waals surface area contributed by atoms with Gasteiger partial charge in [-0.2, -0.15) is 0 Å². The van der Waals surface area contributed by atoms with E-state index in [0.717, 1.165) is 30.1 Å². The average molecular weight is 534 g/mol. The van der Waals surface area contributed by atoms with Crippen LogP contribution in [0.1, 0.15) is 16.8 Å². The van der Waals surface area contributed by atoms with E-state index in [4.69, 9.17) is 0 Å². The molecule has 1 aromatic heterocycles. The smallest absolute Gasteiger partial charge is 0.194 e. The van der Waals surface area contributed by atoms with Gasteiger partial charge in [-0.25, -0.2) is 0 Å². The summed E-state index contributed by atoms with van der Waals surface area (Å²) >= 11 is 3.53. The van der Waals surface area contributed by atoms with E-state index in [0.29, 0.717) is 0 Å². The minimum absolute atomic E-state index is 0. The van der Waals surface area contributed by atoms with Gasteiger partial charge in [-0.05, 0) is 47.2 Å². The van der Waals surface area contributed by atoms with Gasteiger partial charge in [0, 0.05) is 50.6 Å². The largest absolute Gasteiger partial charge is 0.352 e. The molecule has 144 valence electrons. The summed E-state index contributed by atoms with van der Waals surface area (Å²) in [6.07, 6.45) is 2.07. The van der Waals surface area contributed by atoms with E-state index < -0.39 is 0 Å². The van der Waals surface area contributed by atoms with Crippen LogP contribution in [0.2, 0.25) is 0 Å². The maximum absolute atomic E-state index is 4.43. The van der Waals surface area contributed by atoms with E-state index >= 15 is 0 Å². The van der Waals surface area contributed by atoms with Gasteiger partial charge in [0.2, 0.25) is 0 Å². The van der Waals surface area contributed by atoms with Crippen LogP contribution in [-0.4, -0.2) is 48.5 Å². The molecule has 0 atom stereocenters. The molecule has 5 nitrogen and oxygen atoms in total. The molecule has 0 bridgehead atoms. The van der Waals surface area contributed by atoms with Crippen LogP contribution in [0.25, 0.3) is 0 Å². The second kappa shape index (κ2) is 10.9. The van der Waals surface area contributed by atoms with Crippen LogP contribution in [0.4, 0.5) is 0 Å². The lowest BCUT2D eigenvalue weighted by Crippen LogP contribution is -2.38. The van der Waals surface area contributed by atoms with Crippen molar-refractivity contribution in [3.63, 3.8) is 0 Å². The zero-order valence-electron chi connectivity index (χ0n) is 16.2. The first-order valence-electron chi connectivity index (χ1n) is 8.34. The molecule has 0 amide bonds. The van der Waals surface area contributed by atoms with Crippen molar-refractivity contribution in [1.29, 1.82) is 0 Å². The molecule has 0 aliphatic rings. The first-order chi connectivity index (χ1) is 11.9. The second-order valence-corrected chi connectivity index (χ2v) is 7.44. The molecule has 0 saturated heterocycles. The number of hydrogen-bond acceptors (Lipinski definition) is 2. The first-order valence-corrected chi connectivity index (χ1v) is 9.14. The molecule has 0 unspecified atom stereocenters. The Bertz CT molecular complexity index is 726. The second-order valence-electron chi connectivity index (χ2n) is 6.52. The minimum atomic E-state index is 0. The maximum atomic E-state index is 4.43. The Morgan fingerprint density at radius 1 is 1.15 bits per heavy atom. The number of aryl methyl sites for hydroxylation is 1. The summed E-state index contributed by atoms with van der Waals surface area (Å²) < 4.78 is 3.22. The van der Waals surface area contributed by atoms with Crippen molar-refractivity contribution in [2.24, 2.45) is 12.0 Å². The number of benzene rings is 1. The number of hydrogen-bond donors (Lipinski definition) is 1. The molecule has 0 radical (unpaired) electrons. The molecule has 1 aromatic carbocycles. The fourth-order valence-corrected chi connectivity index (χ4v) is 3.40. The molecule has 26 heavy (non-hydrogen) atoms. The molecule has 2 aromatic rings. The van der Waals surface area contributed by atoms with E-state index in [2.05, 4.69) is 105 Å². The number of nitrogens with zero attached hydrogens (tertiary/aromatic N) is 4. The zero-order chi connectivity index (χ0) is 18.4. The molecule has 0 fully saturated rings. The highest BCUT2D eigenvalue weighted by Gasteiger charge is 2.10. The summed E-state index contributed by atoms with van der Waals surface area (Å²) in [5, 5.41) is 3.48. The van der Waals surface area contributed by atoms with Crippen molar-refractivity contribution >= 4 is 45.9 Å². The Labute approximate surface area is 182 Å². The van der Waals surface area contributed by atoms with Crippen LogP contribution in [0.3, 0.4) is 0 Å². The average Bonchev–Trinajstić information content (AvgIpc) is 2.86. The van der Waals surface area contributed by atoms with Gasteiger partial charge in [-0.15, -0.1) is 24.0 Å². The summed E-state index contributed by atoms with van der Waals surface area (Å²) in [7, 11) is 10.1. The normalized spacial score (nSPS) is 11.4. The predicted molar refractivity (Wildman–Crippen MR) is 124 cm³/mol. The van der Waals surface area contributed by atoms with Gasteiger partial charge in [0.1, 0.15) is 0 Å². The van der Waals surface area contributed by atoms with E-state index in [1.807, 2.05) is 7.05 Å². The summed E-state index contributed by atoms with van der Waals surface area (Å²) in [6, 6.07) is 10.7. The standard InChI is InChI=1S/C19H28BrN5.HI/c1-21-19(25(5)14-18-10-17(20)13-24(18)4)22-11-15-8-6-7-9-16(15)12-23(2)3;/h6-10,13H,11-12,14H2,1-5H3,(H,21,22);1H. The predicted octanol–water partition coefficient (Wildman–Crippen LogP) is 3.67.